The Morgan fingerprint density at radius 1 is 1.00 bits per heavy atom. The average Bonchev–Trinajstić information content (AvgIpc) is 2.49. The second kappa shape index (κ2) is 5.10. The fourth-order valence-corrected chi connectivity index (χ4v) is 4.13. The molecule has 3 fully saturated rings. The molecule has 0 spiro atoms. The first-order valence-corrected chi connectivity index (χ1v) is 7.39. The number of aromatic amines is 1. The van der Waals surface area contributed by atoms with Crippen molar-refractivity contribution in [1.29, 1.82) is 0 Å². The van der Waals surface area contributed by atoms with Gasteiger partial charge in [-0.2, -0.15) is 0 Å². The van der Waals surface area contributed by atoms with Gasteiger partial charge in [-0.3, -0.25) is 0 Å². The summed E-state index contributed by atoms with van der Waals surface area (Å²) in [6.45, 7) is 0. The summed E-state index contributed by atoms with van der Waals surface area (Å²) in [6, 6.07) is 9.82. The van der Waals surface area contributed by atoms with Crippen LogP contribution in [0.3, 0.4) is 0 Å². The molecule has 0 aliphatic heterocycles. The van der Waals surface area contributed by atoms with E-state index in [9.17, 15) is 5.11 Å². The van der Waals surface area contributed by atoms with Gasteiger partial charge in [0.1, 0.15) is 0 Å². The molecular weight excluding hydrogens is 241 g/mol. The van der Waals surface area contributed by atoms with Crippen LogP contribution < -0.4 is 29.0 Å². The molecule has 1 N–H and O–H groups in total. The number of hydrogen-bond donors (Lipinski definition) is 0. The molecule has 20 heavy (non-hydrogen) atoms. The van der Waals surface area contributed by atoms with Gasteiger partial charge >= 0.3 is 18.9 Å². The molecule has 5 rings (SSSR count). The largest absolute Gasteiger partial charge is 1.00 e. The van der Waals surface area contributed by atoms with Crippen molar-refractivity contribution in [2.75, 3.05) is 0 Å². The zero-order valence-corrected chi connectivity index (χ0v) is 12.1. The first-order chi connectivity index (χ1) is 9.27. The third-order valence-corrected chi connectivity index (χ3v) is 5.41. The van der Waals surface area contributed by atoms with E-state index in [1.807, 2.05) is 12.1 Å². The monoisotopic (exact) mass is 260 g/mol. The van der Waals surface area contributed by atoms with Gasteiger partial charge in [0.05, 0.1) is 5.41 Å². The van der Waals surface area contributed by atoms with E-state index in [0.29, 0.717) is 5.41 Å². The maximum absolute atomic E-state index is 12.0. The quantitative estimate of drug-likeness (QED) is 0.663. The van der Waals surface area contributed by atoms with Crippen LogP contribution in [0.5, 0.6) is 5.75 Å². The maximum Gasteiger partial charge on any atom is 1.00 e. The molecule has 0 amide bonds. The van der Waals surface area contributed by atoms with Crippen LogP contribution in [0.15, 0.2) is 30.3 Å². The van der Waals surface area contributed by atoms with Crippen molar-refractivity contribution in [3.63, 3.8) is 0 Å². The van der Waals surface area contributed by atoms with Crippen molar-refractivity contribution in [3.05, 3.63) is 36.0 Å². The zero-order valence-electron chi connectivity index (χ0n) is 12.1. The van der Waals surface area contributed by atoms with Crippen molar-refractivity contribution in [3.8, 4) is 5.75 Å². The normalized spacial score (nSPS) is 28.3. The number of fused-ring (bicyclic) bond motifs is 4. The number of aromatic nitrogens is 1. The third-order valence-electron chi connectivity index (χ3n) is 5.41. The molecule has 2 nitrogen and oxygen atoms in total. The molecule has 0 atom stereocenters. The number of pyridine rings is 1. The predicted molar refractivity (Wildman–Crippen MR) is 72.8 cm³/mol. The Kier molecular flexibility index (Phi) is 3.56. The van der Waals surface area contributed by atoms with Crippen LogP contribution in [-0.4, -0.2) is 0 Å². The molecular formula is C17H19LiNO+. The summed E-state index contributed by atoms with van der Waals surface area (Å²) in [6.07, 6.45) is 7.97. The van der Waals surface area contributed by atoms with Gasteiger partial charge in [0, 0.05) is 11.5 Å². The summed E-state index contributed by atoms with van der Waals surface area (Å²) in [5, 5.41) is 13.0. The molecule has 0 radical (unpaired) electrons. The Hall–Kier alpha value is -0.973. The molecule has 98 valence electrons. The van der Waals surface area contributed by atoms with Crippen molar-refractivity contribution in [2.45, 2.75) is 43.9 Å². The van der Waals surface area contributed by atoms with E-state index < -0.39 is 0 Å². The SMILES string of the molecule is [Li+].[O-]c1cccc2ccc(C34CCC(CC3)CC4)[nH+]c12. The van der Waals surface area contributed by atoms with Crippen LogP contribution >= 0.6 is 0 Å². The van der Waals surface area contributed by atoms with E-state index in [-0.39, 0.29) is 24.6 Å². The summed E-state index contributed by atoms with van der Waals surface area (Å²) in [4.78, 5) is 3.47. The molecule has 0 unspecified atom stereocenters. The topological polar surface area (TPSA) is 37.2 Å². The molecule has 2 aromatic rings. The van der Waals surface area contributed by atoms with Gasteiger partial charge in [-0.15, -0.1) is 0 Å². The Morgan fingerprint density at radius 2 is 1.70 bits per heavy atom. The fourth-order valence-electron chi connectivity index (χ4n) is 4.13. The van der Waals surface area contributed by atoms with Crippen LogP contribution in [-0.2, 0) is 5.41 Å². The number of hydrogen-bond acceptors (Lipinski definition) is 1. The molecule has 3 heteroatoms. The second-order valence-corrected chi connectivity index (χ2v) is 6.35. The number of H-pyrrole nitrogens is 1. The summed E-state index contributed by atoms with van der Waals surface area (Å²) in [7, 11) is 0. The average molecular weight is 260 g/mol. The predicted octanol–water partition coefficient (Wildman–Crippen LogP) is -0.0467. The standard InChI is InChI=1S/C17H19NO.Li/c19-14-3-1-2-13-4-5-15(18-16(13)14)17-9-6-12(7-10-17)8-11-17;/h1-5,12,19H,6-11H2;/q;+1. The van der Waals surface area contributed by atoms with E-state index in [2.05, 4.69) is 17.1 Å². The van der Waals surface area contributed by atoms with Crippen molar-refractivity contribution < 1.29 is 29.0 Å². The van der Waals surface area contributed by atoms with Gasteiger partial charge in [0.15, 0.2) is 5.69 Å². The Labute approximate surface area is 131 Å². The summed E-state index contributed by atoms with van der Waals surface area (Å²) < 4.78 is 0. The van der Waals surface area contributed by atoms with E-state index in [1.54, 1.807) is 6.07 Å². The molecule has 3 saturated carbocycles. The van der Waals surface area contributed by atoms with Crippen LogP contribution in [0, 0.1) is 5.92 Å². The second-order valence-electron chi connectivity index (χ2n) is 6.35. The molecule has 1 aromatic heterocycles. The van der Waals surface area contributed by atoms with E-state index >= 15 is 0 Å². The Morgan fingerprint density at radius 3 is 2.40 bits per heavy atom. The van der Waals surface area contributed by atoms with Crippen LogP contribution in [0.4, 0.5) is 0 Å². The van der Waals surface area contributed by atoms with Gasteiger partial charge in [-0.05, 0) is 62.3 Å². The van der Waals surface area contributed by atoms with E-state index in [0.717, 1.165) is 16.8 Å². The molecule has 0 saturated heterocycles. The summed E-state index contributed by atoms with van der Waals surface area (Å²) in [5.41, 5.74) is 2.40. The van der Waals surface area contributed by atoms with Crippen molar-refractivity contribution >= 4 is 10.9 Å². The molecule has 1 aromatic carbocycles. The Balaban J connectivity index is 0.00000121. The summed E-state index contributed by atoms with van der Waals surface area (Å²) >= 11 is 0. The Bertz CT molecular complexity index is 618. The van der Waals surface area contributed by atoms with Crippen LogP contribution in [0.2, 0.25) is 0 Å². The van der Waals surface area contributed by atoms with Gasteiger partial charge in [0.25, 0.3) is 0 Å². The summed E-state index contributed by atoms with van der Waals surface area (Å²) in [5.74, 6) is 1.08. The zero-order chi connectivity index (χ0) is 12.9. The van der Waals surface area contributed by atoms with Crippen LogP contribution in [0.25, 0.3) is 10.9 Å². The smallest absolute Gasteiger partial charge is 0.868 e. The maximum atomic E-state index is 12.0. The van der Waals surface area contributed by atoms with Gasteiger partial charge < -0.3 is 5.11 Å². The van der Waals surface area contributed by atoms with E-state index in [1.165, 1.54) is 44.2 Å². The third kappa shape index (κ3) is 2.06. The number of para-hydroxylation sites is 1. The molecule has 3 aliphatic rings. The number of nitrogens with one attached hydrogen (secondary N) is 1. The minimum atomic E-state index is 0. The molecule has 2 bridgehead atoms. The number of benzene rings is 1. The minimum absolute atomic E-state index is 0. The van der Waals surface area contributed by atoms with Crippen molar-refractivity contribution in [2.24, 2.45) is 5.92 Å². The molecule has 3 aliphatic carbocycles. The number of rotatable bonds is 1. The van der Waals surface area contributed by atoms with Gasteiger partial charge in [-0.25, -0.2) is 4.98 Å². The fraction of sp³-hybridized carbons (Fsp3) is 0.471. The molecule has 1 heterocycles. The van der Waals surface area contributed by atoms with Gasteiger partial charge in [0.2, 0.25) is 5.52 Å². The van der Waals surface area contributed by atoms with Crippen LogP contribution in [0.1, 0.15) is 44.2 Å². The van der Waals surface area contributed by atoms with E-state index in [4.69, 9.17) is 0 Å². The first-order valence-electron chi connectivity index (χ1n) is 7.39. The van der Waals surface area contributed by atoms with Crippen molar-refractivity contribution in [1.82, 2.24) is 0 Å². The first kappa shape index (κ1) is 14.0. The van der Waals surface area contributed by atoms with Gasteiger partial charge in [-0.1, -0.05) is 12.1 Å². The minimum Gasteiger partial charge on any atom is -0.868 e.